The van der Waals surface area contributed by atoms with Crippen molar-refractivity contribution < 1.29 is 9.18 Å². The number of Topliss-reactive ketones (excluding diaryl/α,β-unsaturated/α-hetero) is 1. The van der Waals surface area contributed by atoms with Crippen molar-refractivity contribution >= 4 is 17.4 Å². The maximum Gasteiger partial charge on any atom is 0.144 e. The molecular formula is C15H19ClFNO. The SMILES string of the molecule is CCCC1(C(=O)Cc2cc(F)ccc2Cl)CCNC1. The van der Waals surface area contributed by atoms with Crippen LogP contribution < -0.4 is 5.32 Å². The van der Waals surface area contributed by atoms with Gasteiger partial charge in [0, 0.05) is 23.4 Å². The number of carbonyl (C=O) groups is 1. The van der Waals surface area contributed by atoms with Gasteiger partial charge < -0.3 is 5.32 Å². The number of benzene rings is 1. The van der Waals surface area contributed by atoms with Gasteiger partial charge in [0.25, 0.3) is 0 Å². The van der Waals surface area contributed by atoms with Crippen LogP contribution in [-0.4, -0.2) is 18.9 Å². The van der Waals surface area contributed by atoms with Gasteiger partial charge in [0.05, 0.1) is 0 Å². The van der Waals surface area contributed by atoms with E-state index in [9.17, 15) is 9.18 Å². The third kappa shape index (κ3) is 3.15. The standard InChI is InChI=1S/C15H19ClFNO/c1-2-5-15(6-7-18-10-15)14(19)9-11-8-12(17)3-4-13(11)16/h3-4,8,18H,2,5-7,9-10H2,1H3. The fourth-order valence-electron chi connectivity index (χ4n) is 2.85. The Hall–Kier alpha value is -0.930. The van der Waals surface area contributed by atoms with Crippen LogP contribution in [0.4, 0.5) is 4.39 Å². The van der Waals surface area contributed by atoms with Gasteiger partial charge in [0.15, 0.2) is 0 Å². The zero-order chi connectivity index (χ0) is 13.9. The molecule has 1 fully saturated rings. The summed E-state index contributed by atoms with van der Waals surface area (Å²) in [5.41, 5.74) is 0.304. The molecule has 4 heteroatoms. The molecule has 0 aliphatic carbocycles. The van der Waals surface area contributed by atoms with Crippen LogP contribution in [-0.2, 0) is 11.2 Å². The minimum atomic E-state index is -0.346. The Balaban J connectivity index is 2.17. The molecule has 1 unspecified atom stereocenters. The summed E-state index contributed by atoms with van der Waals surface area (Å²) >= 11 is 6.03. The predicted molar refractivity (Wildman–Crippen MR) is 74.9 cm³/mol. The fourth-order valence-corrected chi connectivity index (χ4v) is 3.04. The lowest BCUT2D eigenvalue weighted by molar-refractivity contribution is -0.127. The largest absolute Gasteiger partial charge is 0.316 e. The molecule has 1 aromatic carbocycles. The zero-order valence-corrected chi connectivity index (χ0v) is 11.9. The number of halogens is 2. The number of carbonyl (C=O) groups excluding carboxylic acids is 1. The molecule has 2 nitrogen and oxygen atoms in total. The van der Waals surface area contributed by atoms with E-state index in [2.05, 4.69) is 12.2 Å². The highest BCUT2D eigenvalue weighted by molar-refractivity contribution is 6.31. The zero-order valence-electron chi connectivity index (χ0n) is 11.1. The number of nitrogens with one attached hydrogen (secondary N) is 1. The Morgan fingerprint density at radius 3 is 2.95 bits per heavy atom. The minimum Gasteiger partial charge on any atom is -0.316 e. The van der Waals surface area contributed by atoms with Crippen LogP contribution in [0.3, 0.4) is 0 Å². The van der Waals surface area contributed by atoms with E-state index in [0.29, 0.717) is 10.6 Å². The number of rotatable bonds is 5. The van der Waals surface area contributed by atoms with Gasteiger partial charge in [-0.1, -0.05) is 24.9 Å². The molecular weight excluding hydrogens is 265 g/mol. The maximum atomic E-state index is 13.2. The van der Waals surface area contributed by atoms with Crippen molar-refractivity contribution in [1.29, 1.82) is 0 Å². The maximum absolute atomic E-state index is 13.2. The monoisotopic (exact) mass is 283 g/mol. The van der Waals surface area contributed by atoms with Gasteiger partial charge in [0.1, 0.15) is 11.6 Å². The average molecular weight is 284 g/mol. The molecule has 1 aliphatic rings. The van der Waals surface area contributed by atoms with Crippen molar-refractivity contribution in [2.75, 3.05) is 13.1 Å². The Morgan fingerprint density at radius 1 is 1.53 bits per heavy atom. The molecule has 1 heterocycles. The Morgan fingerprint density at radius 2 is 2.32 bits per heavy atom. The normalized spacial score (nSPS) is 22.7. The van der Waals surface area contributed by atoms with E-state index >= 15 is 0 Å². The summed E-state index contributed by atoms with van der Waals surface area (Å²) in [4.78, 5) is 12.6. The van der Waals surface area contributed by atoms with Gasteiger partial charge in [-0.3, -0.25) is 4.79 Å². The molecule has 2 rings (SSSR count). The summed E-state index contributed by atoms with van der Waals surface area (Å²) < 4.78 is 13.2. The second kappa shape index (κ2) is 6.02. The van der Waals surface area contributed by atoms with Gasteiger partial charge in [-0.25, -0.2) is 4.39 Å². The van der Waals surface area contributed by atoms with Crippen LogP contribution in [0.2, 0.25) is 5.02 Å². The molecule has 1 aliphatic heterocycles. The van der Waals surface area contributed by atoms with Crippen LogP contribution in [0, 0.1) is 11.2 Å². The smallest absolute Gasteiger partial charge is 0.144 e. The molecule has 1 N–H and O–H groups in total. The van der Waals surface area contributed by atoms with E-state index in [-0.39, 0.29) is 23.4 Å². The van der Waals surface area contributed by atoms with Gasteiger partial charge in [-0.2, -0.15) is 0 Å². The van der Waals surface area contributed by atoms with E-state index in [4.69, 9.17) is 11.6 Å². The van der Waals surface area contributed by atoms with Crippen molar-refractivity contribution in [2.45, 2.75) is 32.6 Å². The molecule has 1 aromatic rings. The van der Waals surface area contributed by atoms with Crippen molar-refractivity contribution in [1.82, 2.24) is 5.32 Å². The molecule has 0 bridgehead atoms. The lowest BCUT2D eigenvalue weighted by Crippen LogP contribution is -2.34. The van der Waals surface area contributed by atoms with Crippen LogP contribution in [0.1, 0.15) is 31.7 Å². The highest BCUT2D eigenvalue weighted by atomic mass is 35.5. The molecule has 0 spiro atoms. The van der Waals surface area contributed by atoms with Crippen LogP contribution >= 0.6 is 11.6 Å². The summed E-state index contributed by atoms with van der Waals surface area (Å²) in [6, 6.07) is 4.19. The van der Waals surface area contributed by atoms with Crippen molar-refractivity contribution in [3.8, 4) is 0 Å². The predicted octanol–water partition coefficient (Wildman–Crippen LogP) is 3.37. The Bertz CT molecular complexity index is 469. The summed E-state index contributed by atoms with van der Waals surface area (Å²) in [6.07, 6.45) is 2.95. The van der Waals surface area contributed by atoms with Crippen molar-refractivity contribution in [3.63, 3.8) is 0 Å². The van der Waals surface area contributed by atoms with E-state index in [1.807, 2.05) is 0 Å². The third-order valence-electron chi connectivity index (χ3n) is 3.92. The summed E-state index contributed by atoms with van der Waals surface area (Å²) in [7, 11) is 0. The molecule has 1 saturated heterocycles. The van der Waals surface area contributed by atoms with Gasteiger partial charge in [-0.15, -0.1) is 0 Å². The van der Waals surface area contributed by atoms with Crippen LogP contribution in [0.15, 0.2) is 18.2 Å². The van der Waals surface area contributed by atoms with Gasteiger partial charge >= 0.3 is 0 Å². The van der Waals surface area contributed by atoms with E-state index in [0.717, 1.165) is 32.4 Å². The summed E-state index contributed by atoms with van der Waals surface area (Å²) in [6.45, 7) is 3.69. The summed E-state index contributed by atoms with van der Waals surface area (Å²) in [5.74, 6) is -0.173. The van der Waals surface area contributed by atoms with Crippen molar-refractivity contribution in [2.24, 2.45) is 5.41 Å². The van der Waals surface area contributed by atoms with Crippen LogP contribution in [0.25, 0.3) is 0 Å². The topological polar surface area (TPSA) is 29.1 Å². The fraction of sp³-hybridized carbons (Fsp3) is 0.533. The quantitative estimate of drug-likeness (QED) is 0.898. The molecule has 0 aromatic heterocycles. The highest BCUT2D eigenvalue weighted by Gasteiger charge is 2.39. The third-order valence-corrected chi connectivity index (χ3v) is 4.29. The van der Waals surface area contributed by atoms with Crippen LogP contribution in [0.5, 0.6) is 0 Å². The first-order valence-electron chi connectivity index (χ1n) is 6.75. The molecule has 104 valence electrons. The first kappa shape index (κ1) is 14.5. The van der Waals surface area contributed by atoms with E-state index in [1.54, 1.807) is 0 Å². The molecule has 1 atom stereocenters. The molecule has 0 radical (unpaired) electrons. The van der Waals surface area contributed by atoms with Crippen molar-refractivity contribution in [3.05, 3.63) is 34.6 Å². The number of ketones is 1. The van der Waals surface area contributed by atoms with Gasteiger partial charge in [0.2, 0.25) is 0 Å². The first-order chi connectivity index (χ1) is 9.07. The molecule has 0 saturated carbocycles. The second-order valence-corrected chi connectivity index (χ2v) is 5.70. The Kier molecular flexibility index (Phi) is 4.58. The first-order valence-corrected chi connectivity index (χ1v) is 7.13. The highest BCUT2D eigenvalue weighted by Crippen LogP contribution is 2.34. The summed E-state index contributed by atoms with van der Waals surface area (Å²) in [5, 5.41) is 3.73. The van der Waals surface area contributed by atoms with E-state index < -0.39 is 0 Å². The average Bonchev–Trinajstić information content (AvgIpc) is 2.84. The molecule has 0 amide bonds. The second-order valence-electron chi connectivity index (χ2n) is 5.29. The minimum absolute atomic E-state index is 0.173. The number of hydrogen-bond acceptors (Lipinski definition) is 2. The lowest BCUT2D eigenvalue weighted by Gasteiger charge is -2.26. The van der Waals surface area contributed by atoms with E-state index in [1.165, 1.54) is 18.2 Å². The molecule has 19 heavy (non-hydrogen) atoms. The number of hydrogen-bond donors (Lipinski definition) is 1. The van der Waals surface area contributed by atoms with Gasteiger partial charge in [-0.05, 0) is 43.1 Å². The Labute approximate surface area is 118 Å². The lowest BCUT2D eigenvalue weighted by atomic mass is 9.76.